The van der Waals surface area contributed by atoms with Crippen LogP contribution in [0.3, 0.4) is 0 Å². The van der Waals surface area contributed by atoms with Gasteiger partial charge >= 0.3 is 0 Å². The largest absolute Gasteiger partial charge is 0.295 e. The summed E-state index contributed by atoms with van der Waals surface area (Å²) >= 11 is 0. The van der Waals surface area contributed by atoms with Gasteiger partial charge in [-0.3, -0.25) is 4.79 Å². The van der Waals surface area contributed by atoms with Crippen LogP contribution in [0.2, 0.25) is 0 Å². The summed E-state index contributed by atoms with van der Waals surface area (Å²) in [5.74, 6) is 0.187. The maximum absolute atomic E-state index is 11.2. The summed E-state index contributed by atoms with van der Waals surface area (Å²) in [4.78, 5) is 11.2. The van der Waals surface area contributed by atoms with Gasteiger partial charge in [-0.05, 0) is 57.4 Å². The molecule has 0 heterocycles. The van der Waals surface area contributed by atoms with E-state index >= 15 is 0 Å². The van der Waals surface area contributed by atoms with Crippen LogP contribution in [0.1, 0.15) is 60.3 Å². The molecule has 0 amide bonds. The summed E-state index contributed by atoms with van der Waals surface area (Å²) in [7, 11) is 0. The molecular formula is C15H24O. The molecule has 0 radical (unpaired) electrons. The summed E-state index contributed by atoms with van der Waals surface area (Å²) in [6.07, 6.45) is 6.84. The molecule has 16 heavy (non-hydrogen) atoms. The van der Waals surface area contributed by atoms with E-state index in [1.807, 2.05) is 6.92 Å². The molecule has 0 atom stereocenters. The topological polar surface area (TPSA) is 17.1 Å². The molecule has 0 bridgehead atoms. The van der Waals surface area contributed by atoms with Crippen LogP contribution < -0.4 is 0 Å². The Kier molecular flexibility index (Phi) is 4.12. The zero-order valence-electron chi connectivity index (χ0n) is 11.3. The lowest BCUT2D eigenvalue weighted by Crippen LogP contribution is -2.20. The Bertz CT molecular complexity index is 342. The Morgan fingerprint density at radius 3 is 2.50 bits per heavy atom. The zero-order valence-corrected chi connectivity index (χ0v) is 11.3. The van der Waals surface area contributed by atoms with Crippen molar-refractivity contribution in [3.63, 3.8) is 0 Å². The molecule has 1 nitrogen and oxygen atoms in total. The van der Waals surface area contributed by atoms with E-state index in [1.54, 1.807) is 12.5 Å². The van der Waals surface area contributed by atoms with E-state index in [0.29, 0.717) is 5.41 Å². The van der Waals surface area contributed by atoms with Gasteiger partial charge in [-0.15, -0.1) is 0 Å². The van der Waals surface area contributed by atoms with Crippen LogP contribution in [0.15, 0.2) is 22.8 Å². The Hall–Kier alpha value is -0.850. The molecule has 0 spiro atoms. The molecule has 0 saturated carbocycles. The van der Waals surface area contributed by atoms with Gasteiger partial charge in [-0.2, -0.15) is 0 Å². The average Bonchev–Trinajstić information content (AvgIpc) is 2.15. The van der Waals surface area contributed by atoms with Gasteiger partial charge in [0, 0.05) is 0 Å². The van der Waals surface area contributed by atoms with Gasteiger partial charge in [0.1, 0.15) is 0 Å². The molecule has 1 aliphatic rings. The minimum atomic E-state index is 0.187. The van der Waals surface area contributed by atoms with Crippen molar-refractivity contribution < 1.29 is 4.79 Å². The Labute approximate surface area is 99.6 Å². The lowest BCUT2D eigenvalue weighted by atomic mass is 9.71. The van der Waals surface area contributed by atoms with Crippen LogP contribution in [0, 0.1) is 5.41 Å². The quantitative estimate of drug-likeness (QED) is 0.507. The predicted octanol–water partition coefficient (Wildman–Crippen LogP) is 4.44. The minimum absolute atomic E-state index is 0.187. The standard InChI is InChI=1S/C15H24O/c1-11(13(3)16)8-9-14-12(2)7-6-10-15(14,4)5/h8H,6-7,9-10H2,1-5H3. The van der Waals surface area contributed by atoms with Crippen molar-refractivity contribution in [3.05, 3.63) is 22.8 Å². The number of hydrogen-bond acceptors (Lipinski definition) is 1. The van der Waals surface area contributed by atoms with E-state index in [9.17, 15) is 4.79 Å². The molecule has 1 heteroatoms. The van der Waals surface area contributed by atoms with Crippen LogP contribution >= 0.6 is 0 Å². The monoisotopic (exact) mass is 220 g/mol. The van der Waals surface area contributed by atoms with E-state index in [0.717, 1.165) is 12.0 Å². The number of carbonyl (C=O) groups excluding carboxylic acids is 1. The number of rotatable bonds is 3. The summed E-state index contributed by atoms with van der Waals surface area (Å²) in [5, 5.41) is 0. The zero-order chi connectivity index (χ0) is 12.3. The van der Waals surface area contributed by atoms with Gasteiger partial charge in [0.15, 0.2) is 5.78 Å². The Morgan fingerprint density at radius 2 is 2.00 bits per heavy atom. The highest BCUT2D eigenvalue weighted by molar-refractivity contribution is 5.92. The van der Waals surface area contributed by atoms with E-state index < -0.39 is 0 Å². The molecule has 0 N–H and O–H groups in total. The lowest BCUT2D eigenvalue weighted by molar-refractivity contribution is -0.113. The molecule has 0 unspecified atom stereocenters. The molecule has 0 aliphatic heterocycles. The van der Waals surface area contributed by atoms with Crippen molar-refractivity contribution in [2.45, 2.75) is 60.3 Å². The number of allylic oxidation sites excluding steroid dienone is 4. The first-order valence-electron chi connectivity index (χ1n) is 6.21. The normalized spacial score (nSPS) is 21.2. The SMILES string of the molecule is CC(=O)C(C)=CCC1=C(C)CCCC1(C)C. The number of Topliss-reactive ketones (excluding diaryl/α,β-unsaturated/α-hetero) is 1. The van der Waals surface area contributed by atoms with E-state index in [2.05, 4.69) is 26.8 Å². The first-order valence-corrected chi connectivity index (χ1v) is 6.21. The third kappa shape index (κ3) is 3.07. The van der Waals surface area contributed by atoms with Crippen molar-refractivity contribution in [2.75, 3.05) is 0 Å². The molecule has 0 saturated heterocycles. The molecule has 90 valence electrons. The second-order valence-corrected chi connectivity index (χ2v) is 5.64. The fourth-order valence-electron chi connectivity index (χ4n) is 2.52. The van der Waals surface area contributed by atoms with Crippen molar-refractivity contribution in [3.8, 4) is 0 Å². The third-order valence-corrected chi connectivity index (χ3v) is 3.85. The van der Waals surface area contributed by atoms with E-state index in [1.165, 1.54) is 24.8 Å². The highest BCUT2D eigenvalue weighted by atomic mass is 16.1. The van der Waals surface area contributed by atoms with Gasteiger partial charge in [0.2, 0.25) is 0 Å². The number of hydrogen-bond donors (Lipinski definition) is 0. The van der Waals surface area contributed by atoms with Gasteiger partial charge < -0.3 is 0 Å². The van der Waals surface area contributed by atoms with Crippen LogP contribution in [0.4, 0.5) is 0 Å². The summed E-state index contributed by atoms with van der Waals surface area (Å²) in [5.41, 5.74) is 4.28. The summed E-state index contributed by atoms with van der Waals surface area (Å²) in [6, 6.07) is 0. The molecule has 0 fully saturated rings. The second kappa shape index (κ2) is 4.99. The van der Waals surface area contributed by atoms with Crippen LogP contribution in [-0.4, -0.2) is 5.78 Å². The molecule has 1 rings (SSSR count). The first-order chi connectivity index (χ1) is 7.34. The maximum atomic E-state index is 11.2. The maximum Gasteiger partial charge on any atom is 0.155 e. The van der Waals surface area contributed by atoms with Gasteiger partial charge in [0.05, 0.1) is 0 Å². The summed E-state index contributed by atoms with van der Waals surface area (Å²) < 4.78 is 0. The average molecular weight is 220 g/mol. The third-order valence-electron chi connectivity index (χ3n) is 3.85. The number of ketones is 1. The first kappa shape index (κ1) is 13.2. The van der Waals surface area contributed by atoms with Crippen molar-refractivity contribution in [1.29, 1.82) is 0 Å². The highest BCUT2D eigenvalue weighted by Gasteiger charge is 2.27. The Morgan fingerprint density at radius 1 is 1.38 bits per heavy atom. The van der Waals surface area contributed by atoms with Gasteiger partial charge in [0.25, 0.3) is 0 Å². The Balaban J connectivity index is 2.86. The van der Waals surface area contributed by atoms with Gasteiger partial charge in [-0.25, -0.2) is 0 Å². The van der Waals surface area contributed by atoms with Gasteiger partial charge in [-0.1, -0.05) is 31.1 Å². The van der Waals surface area contributed by atoms with E-state index in [-0.39, 0.29) is 5.78 Å². The summed E-state index contributed by atoms with van der Waals surface area (Å²) in [6.45, 7) is 10.4. The molecule has 1 aliphatic carbocycles. The fourth-order valence-corrected chi connectivity index (χ4v) is 2.52. The molecule has 0 aromatic heterocycles. The minimum Gasteiger partial charge on any atom is -0.295 e. The molecular weight excluding hydrogens is 196 g/mol. The van der Waals surface area contributed by atoms with Crippen molar-refractivity contribution in [2.24, 2.45) is 5.41 Å². The molecule has 0 aromatic carbocycles. The lowest BCUT2D eigenvalue weighted by Gasteiger charge is -2.34. The smallest absolute Gasteiger partial charge is 0.155 e. The van der Waals surface area contributed by atoms with Crippen molar-refractivity contribution >= 4 is 5.78 Å². The second-order valence-electron chi connectivity index (χ2n) is 5.64. The number of carbonyl (C=O) groups is 1. The fraction of sp³-hybridized carbons (Fsp3) is 0.667. The van der Waals surface area contributed by atoms with Crippen LogP contribution in [-0.2, 0) is 4.79 Å². The van der Waals surface area contributed by atoms with Crippen molar-refractivity contribution in [1.82, 2.24) is 0 Å². The van der Waals surface area contributed by atoms with Crippen LogP contribution in [0.25, 0.3) is 0 Å². The van der Waals surface area contributed by atoms with E-state index in [4.69, 9.17) is 0 Å². The van der Waals surface area contributed by atoms with Crippen LogP contribution in [0.5, 0.6) is 0 Å². The highest BCUT2D eigenvalue weighted by Crippen LogP contribution is 2.41. The predicted molar refractivity (Wildman–Crippen MR) is 69.4 cm³/mol. The molecule has 0 aromatic rings.